The SMILES string of the molecule is CC(C)(C)OC(=O)CN(CCNC(=O)C(F)(F)F)CCN(CC(=O)OC(C)(C)C)CC(=O)OC(C)(C)C. The molecule has 37 heavy (non-hydrogen) atoms. The molecule has 0 saturated heterocycles. The highest BCUT2D eigenvalue weighted by molar-refractivity contribution is 5.81. The van der Waals surface area contributed by atoms with Gasteiger partial charge in [0.05, 0.1) is 19.6 Å². The van der Waals surface area contributed by atoms with Crippen molar-refractivity contribution in [2.45, 2.75) is 85.3 Å². The second-order valence-electron chi connectivity index (χ2n) is 11.5. The molecule has 0 aromatic heterocycles. The summed E-state index contributed by atoms with van der Waals surface area (Å²) in [6.45, 7) is 14.0. The number of alkyl halides is 3. The highest BCUT2D eigenvalue weighted by Crippen LogP contribution is 2.14. The summed E-state index contributed by atoms with van der Waals surface area (Å²) in [4.78, 5) is 51.2. The maximum Gasteiger partial charge on any atom is 0.471 e. The van der Waals surface area contributed by atoms with Crippen molar-refractivity contribution in [1.29, 1.82) is 0 Å². The number of ether oxygens (including phenoxy) is 3. The van der Waals surface area contributed by atoms with Gasteiger partial charge in [0.25, 0.3) is 0 Å². The first-order valence-corrected chi connectivity index (χ1v) is 11.9. The molecule has 0 unspecified atom stereocenters. The van der Waals surface area contributed by atoms with Gasteiger partial charge in [0, 0.05) is 26.2 Å². The normalized spacial score (nSPS) is 12.9. The van der Waals surface area contributed by atoms with E-state index < -0.39 is 46.8 Å². The molecule has 0 aliphatic rings. The van der Waals surface area contributed by atoms with Crippen LogP contribution in [0.5, 0.6) is 0 Å². The summed E-state index contributed by atoms with van der Waals surface area (Å²) in [5.41, 5.74) is -2.30. The van der Waals surface area contributed by atoms with Crippen LogP contribution in [0.3, 0.4) is 0 Å². The number of hydrogen-bond donors (Lipinski definition) is 1. The van der Waals surface area contributed by atoms with Crippen LogP contribution in [0.4, 0.5) is 13.2 Å². The zero-order chi connectivity index (χ0) is 29.2. The van der Waals surface area contributed by atoms with E-state index in [0.717, 1.165) is 0 Å². The molecule has 0 bridgehead atoms. The van der Waals surface area contributed by atoms with Gasteiger partial charge in [-0.3, -0.25) is 29.0 Å². The van der Waals surface area contributed by atoms with Gasteiger partial charge in [-0.1, -0.05) is 0 Å². The molecule has 0 aliphatic heterocycles. The number of nitrogens with one attached hydrogen (secondary N) is 1. The number of hydrogen-bond acceptors (Lipinski definition) is 9. The Morgan fingerprint density at radius 2 is 0.919 bits per heavy atom. The van der Waals surface area contributed by atoms with Crippen molar-refractivity contribution in [2.24, 2.45) is 0 Å². The molecule has 0 heterocycles. The number of amides is 1. The standard InChI is InChI=1S/C24H42F3N3O7/c1-21(2,3)35-17(31)14-29(11-10-28-20(34)24(25,26)27)12-13-30(15-18(32)36-22(4,5)6)16-19(33)37-23(7,8)9/h10-16H2,1-9H3,(H,28,34). The molecule has 1 N–H and O–H groups in total. The summed E-state index contributed by atoms with van der Waals surface area (Å²) in [5.74, 6) is -3.90. The fourth-order valence-corrected chi connectivity index (χ4v) is 2.86. The third kappa shape index (κ3) is 19.4. The lowest BCUT2D eigenvalue weighted by Gasteiger charge is -2.29. The van der Waals surface area contributed by atoms with E-state index in [1.165, 1.54) is 9.80 Å². The first kappa shape index (κ1) is 34.6. The minimum atomic E-state index is -5.03. The van der Waals surface area contributed by atoms with Crippen LogP contribution in [0.25, 0.3) is 0 Å². The summed E-state index contributed by atoms with van der Waals surface area (Å²) < 4.78 is 53.5. The predicted molar refractivity (Wildman–Crippen MR) is 129 cm³/mol. The van der Waals surface area contributed by atoms with Gasteiger partial charge in [-0.2, -0.15) is 13.2 Å². The van der Waals surface area contributed by atoms with E-state index in [1.54, 1.807) is 67.6 Å². The van der Waals surface area contributed by atoms with Crippen LogP contribution < -0.4 is 5.32 Å². The molecule has 1 amide bonds. The van der Waals surface area contributed by atoms with Crippen LogP contribution in [-0.2, 0) is 33.4 Å². The summed E-state index contributed by atoms with van der Waals surface area (Å²) in [6, 6.07) is 0. The molecule has 0 aromatic rings. The molecule has 0 aromatic carbocycles. The molecule has 0 spiro atoms. The summed E-state index contributed by atoms with van der Waals surface area (Å²) in [6.07, 6.45) is -5.03. The van der Waals surface area contributed by atoms with Crippen LogP contribution >= 0.6 is 0 Å². The van der Waals surface area contributed by atoms with Gasteiger partial charge in [0.2, 0.25) is 0 Å². The molecule has 10 nitrogen and oxygen atoms in total. The summed E-state index contributed by atoms with van der Waals surface area (Å²) in [7, 11) is 0. The molecule has 0 rings (SSSR count). The Morgan fingerprint density at radius 1 is 0.595 bits per heavy atom. The highest BCUT2D eigenvalue weighted by Gasteiger charge is 2.38. The van der Waals surface area contributed by atoms with Gasteiger partial charge in [-0.15, -0.1) is 0 Å². The topological polar surface area (TPSA) is 114 Å². The van der Waals surface area contributed by atoms with Crippen molar-refractivity contribution in [2.75, 3.05) is 45.8 Å². The molecule has 13 heteroatoms. The molecule has 0 aliphatic carbocycles. The van der Waals surface area contributed by atoms with Crippen molar-refractivity contribution >= 4 is 23.8 Å². The Kier molecular flexibility index (Phi) is 13.0. The lowest BCUT2D eigenvalue weighted by atomic mass is 10.2. The largest absolute Gasteiger partial charge is 0.471 e. The van der Waals surface area contributed by atoms with Crippen LogP contribution in [0.1, 0.15) is 62.3 Å². The minimum Gasteiger partial charge on any atom is -0.459 e. The van der Waals surface area contributed by atoms with E-state index in [-0.39, 0.29) is 45.8 Å². The smallest absolute Gasteiger partial charge is 0.459 e. The van der Waals surface area contributed by atoms with E-state index in [9.17, 15) is 32.3 Å². The van der Waals surface area contributed by atoms with E-state index in [0.29, 0.717) is 0 Å². The lowest BCUT2D eigenvalue weighted by Crippen LogP contribution is -2.47. The van der Waals surface area contributed by atoms with Crippen molar-refractivity contribution in [1.82, 2.24) is 15.1 Å². The molecule has 0 saturated carbocycles. The maximum absolute atomic E-state index is 12.5. The Bertz CT molecular complexity index is 752. The quantitative estimate of drug-likeness (QED) is 0.294. The van der Waals surface area contributed by atoms with Gasteiger partial charge in [-0.05, 0) is 62.3 Å². The Hall–Kier alpha value is -2.41. The van der Waals surface area contributed by atoms with Crippen molar-refractivity contribution in [3.05, 3.63) is 0 Å². The van der Waals surface area contributed by atoms with Crippen LogP contribution in [0, 0.1) is 0 Å². The molecule has 0 fully saturated rings. The number of nitrogens with zero attached hydrogens (tertiary/aromatic N) is 2. The highest BCUT2D eigenvalue weighted by atomic mass is 19.4. The zero-order valence-corrected chi connectivity index (χ0v) is 23.3. The zero-order valence-electron chi connectivity index (χ0n) is 23.3. The second kappa shape index (κ2) is 13.9. The predicted octanol–water partition coefficient (Wildman–Crippen LogP) is 2.29. The van der Waals surface area contributed by atoms with Crippen LogP contribution in [0.15, 0.2) is 0 Å². The van der Waals surface area contributed by atoms with Crippen LogP contribution in [-0.4, -0.2) is 102 Å². The number of esters is 3. The average molecular weight is 542 g/mol. The first-order chi connectivity index (χ1) is 16.5. The molecule has 0 atom stereocenters. The van der Waals surface area contributed by atoms with Crippen molar-refractivity contribution in [3.8, 4) is 0 Å². The average Bonchev–Trinajstić information content (AvgIpc) is 2.59. The Balaban J connectivity index is 5.47. The number of carbonyl (C=O) groups is 4. The Morgan fingerprint density at radius 3 is 1.24 bits per heavy atom. The first-order valence-electron chi connectivity index (χ1n) is 11.9. The fraction of sp³-hybridized carbons (Fsp3) is 0.833. The monoisotopic (exact) mass is 541 g/mol. The minimum absolute atomic E-state index is 0.0622. The molecule has 216 valence electrons. The third-order valence-electron chi connectivity index (χ3n) is 4.02. The van der Waals surface area contributed by atoms with Crippen molar-refractivity contribution < 1.29 is 46.6 Å². The van der Waals surface area contributed by atoms with Gasteiger partial charge in [0.15, 0.2) is 0 Å². The van der Waals surface area contributed by atoms with Crippen LogP contribution in [0.2, 0.25) is 0 Å². The van der Waals surface area contributed by atoms with Gasteiger partial charge < -0.3 is 19.5 Å². The van der Waals surface area contributed by atoms with E-state index >= 15 is 0 Å². The Labute approximate surface area is 217 Å². The van der Waals surface area contributed by atoms with Gasteiger partial charge in [0.1, 0.15) is 16.8 Å². The molecular formula is C24H42F3N3O7. The van der Waals surface area contributed by atoms with E-state index in [1.807, 2.05) is 0 Å². The number of rotatable bonds is 12. The summed E-state index contributed by atoms with van der Waals surface area (Å²) in [5, 5.41) is 1.76. The third-order valence-corrected chi connectivity index (χ3v) is 4.02. The number of halogens is 3. The van der Waals surface area contributed by atoms with E-state index in [2.05, 4.69) is 0 Å². The van der Waals surface area contributed by atoms with Gasteiger partial charge in [-0.25, -0.2) is 0 Å². The lowest BCUT2D eigenvalue weighted by molar-refractivity contribution is -0.173. The maximum atomic E-state index is 12.5. The van der Waals surface area contributed by atoms with Crippen molar-refractivity contribution in [3.63, 3.8) is 0 Å². The second-order valence-corrected chi connectivity index (χ2v) is 11.5. The van der Waals surface area contributed by atoms with E-state index in [4.69, 9.17) is 14.2 Å². The molecule has 0 radical (unpaired) electrons. The van der Waals surface area contributed by atoms with Gasteiger partial charge >= 0.3 is 30.0 Å². The number of carbonyl (C=O) groups excluding carboxylic acids is 4. The summed E-state index contributed by atoms with van der Waals surface area (Å²) >= 11 is 0. The fourth-order valence-electron chi connectivity index (χ4n) is 2.86. The molecular weight excluding hydrogens is 499 g/mol.